The molecule has 0 radical (unpaired) electrons. The van der Waals surface area contributed by atoms with Crippen LogP contribution in [0.15, 0.2) is 186 Å². The van der Waals surface area contributed by atoms with Crippen molar-refractivity contribution in [2.45, 2.75) is 0 Å². The molecule has 8 aromatic carbocycles. The first kappa shape index (κ1) is 30.3. The number of rotatable bonds is 5. The summed E-state index contributed by atoms with van der Waals surface area (Å²) in [6.07, 6.45) is 0. The Morgan fingerprint density at radius 1 is 0.370 bits per heavy atom. The normalized spacial score (nSPS) is 11.7. The van der Waals surface area contributed by atoms with Crippen LogP contribution in [0, 0.1) is 0 Å². The summed E-state index contributed by atoms with van der Waals surface area (Å²) in [7, 11) is 0. The molecule has 0 saturated heterocycles. The van der Waals surface area contributed by atoms with E-state index in [1.54, 1.807) is 0 Å². The Morgan fingerprint density at radius 2 is 1.02 bits per heavy atom. The molecule has 0 aliphatic heterocycles. The molecule has 11 rings (SSSR count). The second kappa shape index (κ2) is 12.1. The third kappa shape index (κ3) is 4.90. The number of para-hydroxylation sites is 1. The molecule has 0 saturated carbocycles. The number of furan rings is 1. The van der Waals surface area contributed by atoms with Gasteiger partial charge in [-0.25, -0.2) is 15.0 Å². The summed E-state index contributed by atoms with van der Waals surface area (Å²) in [6, 6.07) is 63.3. The van der Waals surface area contributed by atoms with Gasteiger partial charge in [0.25, 0.3) is 0 Å². The van der Waals surface area contributed by atoms with Gasteiger partial charge >= 0.3 is 0 Å². The van der Waals surface area contributed by atoms with Gasteiger partial charge in [-0.05, 0) is 70.4 Å². The lowest BCUT2D eigenvalue weighted by Gasteiger charge is -2.11. The molecular formula is C49H30N4O. The lowest BCUT2D eigenvalue weighted by molar-refractivity contribution is 0.669. The molecule has 54 heavy (non-hydrogen) atoms. The largest absolute Gasteiger partial charge is 0.456 e. The Morgan fingerprint density at radius 3 is 1.85 bits per heavy atom. The highest BCUT2D eigenvalue weighted by Crippen LogP contribution is 2.40. The van der Waals surface area contributed by atoms with Gasteiger partial charge in [-0.1, -0.05) is 133 Å². The Balaban J connectivity index is 1.14. The third-order valence-corrected chi connectivity index (χ3v) is 10.4. The standard InChI is InChI=1S/C49H30N4O/c1-3-13-31(14-4-1)33-19-11-20-36(27-33)48-50-47(32-15-5-2-6-16-32)51-49(52-48)39-22-12-24-45-46(39)41-30-37(25-26-44(41)54-45)53-42-23-10-9-21-38(42)40-28-34-17-7-8-18-35(34)29-43(40)53/h1-30H. The monoisotopic (exact) mass is 690 g/mol. The van der Waals surface area contributed by atoms with Crippen LogP contribution in [-0.4, -0.2) is 19.5 Å². The van der Waals surface area contributed by atoms with Crippen LogP contribution >= 0.6 is 0 Å². The van der Waals surface area contributed by atoms with Crippen molar-refractivity contribution in [2.24, 2.45) is 0 Å². The maximum absolute atomic E-state index is 6.53. The fourth-order valence-corrected chi connectivity index (χ4v) is 7.88. The van der Waals surface area contributed by atoms with Crippen molar-refractivity contribution < 1.29 is 4.42 Å². The predicted molar refractivity (Wildman–Crippen MR) is 221 cm³/mol. The SMILES string of the molecule is c1ccc(-c2cccc(-c3nc(-c4ccccc4)nc(-c4cccc5oc6ccc(-n7c8ccccc8c8cc9ccccc9cc87)cc6c45)n3)c2)cc1. The van der Waals surface area contributed by atoms with Crippen LogP contribution in [0.2, 0.25) is 0 Å². The first-order chi connectivity index (χ1) is 26.7. The van der Waals surface area contributed by atoms with Gasteiger partial charge in [-0.15, -0.1) is 0 Å². The minimum absolute atomic E-state index is 0.589. The van der Waals surface area contributed by atoms with E-state index in [0.29, 0.717) is 17.5 Å². The highest BCUT2D eigenvalue weighted by Gasteiger charge is 2.20. The summed E-state index contributed by atoms with van der Waals surface area (Å²) in [6.45, 7) is 0. The van der Waals surface area contributed by atoms with Crippen LogP contribution in [0.5, 0.6) is 0 Å². The highest BCUT2D eigenvalue weighted by atomic mass is 16.3. The van der Waals surface area contributed by atoms with Gasteiger partial charge in [0.15, 0.2) is 17.5 Å². The number of hydrogen-bond donors (Lipinski definition) is 0. The van der Waals surface area contributed by atoms with Crippen molar-refractivity contribution in [3.8, 4) is 51.0 Å². The van der Waals surface area contributed by atoms with E-state index in [4.69, 9.17) is 19.4 Å². The van der Waals surface area contributed by atoms with Crippen LogP contribution in [0.3, 0.4) is 0 Å². The molecule has 3 heterocycles. The van der Waals surface area contributed by atoms with Crippen LogP contribution in [0.25, 0.3) is 105 Å². The van der Waals surface area contributed by atoms with Crippen molar-refractivity contribution >= 4 is 54.5 Å². The topological polar surface area (TPSA) is 56.7 Å². The Bertz CT molecular complexity index is 3220. The summed E-state index contributed by atoms with van der Waals surface area (Å²) in [4.78, 5) is 15.4. The Labute approximate surface area is 310 Å². The van der Waals surface area contributed by atoms with Gasteiger partial charge in [-0.3, -0.25) is 0 Å². The fourth-order valence-electron chi connectivity index (χ4n) is 7.88. The van der Waals surface area contributed by atoms with Crippen LogP contribution in [0.1, 0.15) is 0 Å². The molecule has 0 aliphatic rings. The van der Waals surface area contributed by atoms with E-state index in [9.17, 15) is 0 Å². The first-order valence-corrected chi connectivity index (χ1v) is 18.1. The van der Waals surface area contributed by atoms with E-state index >= 15 is 0 Å². The zero-order valence-corrected chi connectivity index (χ0v) is 29.0. The second-order valence-electron chi connectivity index (χ2n) is 13.6. The molecule has 0 bridgehead atoms. The maximum atomic E-state index is 6.53. The molecule has 3 aromatic heterocycles. The van der Waals surface area contributed by atoms with Crippen LogP contribution < -0.4 is 0 Å². The van der Waals surface area contributed by atoms with Gasteiger partial charge in [0.1, 0.15) is 11.2 Å². The molecule has 5 heteroatoms. The molecular weight excluding hydrogens is 661 g/mol. The van der Waals surface area contributed by atoms with Crippen molar-refractivity contribution in [1.82, 2.24) is 19.5 Å². The zero-order chi connectivity index (χ0) is 35.6. The average Bonchev–Trinajstić information content (AvgIpc) is 3.78. The Kier molecular flexibility index (Phi) is 6.79. The molecule has 11 aromatic rings. The third-order valence-electron chi connectivity index (χ3n) is 10.4. The smallest absolute Gasteiger partial charge is 0.164 e. The van der Waals surface area contributed by atoms with Gasteiger partial charge in [0.2, 0.25) is 0 Å². The molecule has 0 aliphatic carbocycles. The summed E-state index contributed by atoms with van der Waals surface area (Å²) in [5.74, 6) is 1.81. The van der Waals surface area contributed by atoms with Crippen LogP contribution in [-0.2, 0) is 0 Å². The van der Waals surface area contributed by atoms with Gasteiger partial charge < -0.3 is 8.98 Å². The molecule has 252 valence electrons. The number of benzene rings is 8. The number of nitrogens with zero attached hydrogens (tertiary/aromatic N) is 4. The van der Waals surface area contributed by atoms with Crippen molar-refractivity contribution in [3.63, 3.8) is 0 Å². The van der Waals surface area contributed by atoms with E-state index in [-0.39, 0.29) is 0 Å². The molecule has 0 atom stereocenters. The van der Waals surface area contributed by atoms with Crippen molar-refractivity contribution in [2.75, 3.05) is 0 Å². The highest BCUT2D eigenvalue weighted by molar-refractivity contribution is 6.15. The zero-order valence-electron chi connectivity index (χ0n) is 29.0. The summed E-state index contributed by atoms with van der Waals surface area (Å²) < 4.78 is 8.90. The van der Waals surface area contributed by atoms with Crippen molar-refractivity contribution in [3.05, 3.63) is 182 Å². The molecule has 0 unspecified atom stereocenters. The lowest BCUT2D eigenvalue weighted by atomic mass is 10.0. The second-order valence-corrected chi connectivity index (χ2v) is 13.6. The van der Waals surface area contributed by atoms with E-state index in [0.717, 1.165) is 66.5 Å². The van der Waals surface area contributed by atoms with Gasteiger partial charge in [0, 0.05) is 43.9 Å². The van der Waals surface area contributed by atoms with Crippen LogP contribution in [0.4, 0.5) is 0 Å². The Hall–Kier alpha value is -7.37. The quantitative estimate of drug-likeness (QED) is 0.180. The predicted octanol–water partition coefficient (Wildman–Crippen LogP) is 12.7. The minimum atomic E-state index is 0.589. The van der Waals surface area contributed by atoms with Gasteiger partial charge in [-0.2, -0.15) is 0 Å². The van der Waals surface area contributed by atoms with E-state index in [1.807, 2.05) is 48.5 Å². The number of aromatic nitrogens is 4. The first-order valence-electron chi connectivity index (χ1n) is 18.1. The van der Waals surface area contributed by atoms with E-state index in [2.05, 4.69) is 138 Å². The van der Waals surface area contributed by atoms with E-state index in [1.165, 1.54) is 21.5 Å². The number of hydrogen-bond acceptors (Lipinski definition) is 4. The number of fused-ring (bicyclic) bond motifs is 7. The molecule has 0 fully saturated rings. The molecule has 5 nitrogen and oxygen atoms in total. The molecule has 0 N–H and O–H groups in total. The van der Waals surface area contributed by atoms with Gasteiger partial charge in [0.05, 0.1) is 11.0 Å². The summed E-state index contributed by atoms with van der Waals surface area (Å²) in [5, 5.41) is 6.85. The average molecular weight is 691 g/mol. The summed E-state index contributed by atoms with van der Waals surface area (Å²) in [5.41, 5.74) is 9.93. The molecule has 0 spiro atoms. The maximum Gasteiger partial charge on any atom is 0.164 e. The summed E-state index contributed by atoms with van der Waals surface area (Å²) >= 11 is 0. The molecule has 0 amide bonds. The lowest BCUT2D eigenvalue weighted by Crippen LogP contribution is -2.00. The van der Waals surface area contributed by atoms with Crippen molar-refractivity contribution in [1.29, 1.82) is 0 Å². The fraction of sp³-hybridized carbons (Fsp3) is 0. The van der Waals surface area contributed by atoms with E-state index < -0.39 is 0 Å². The minimum Gasteiger partial charge on any atom is -0.456 e.